The van der Waals surface area contributed by atoms with Crippen LogP contribution in [0.3, 0.4) is 0 Å². The maximum Gasteiger partial charge on any atom is 0.252 e. The van der Waals surface area contributed by atoms with E-state index in [2.05, 4.69) is 245 Å². The lowest BCUT2D eigenvalue weighted by Gasteiger charge is -2.45. The highest BCUT2D eigenvalue weighted by atomic mass is 15.2. The molecule has 0 fully saturated rings. The third kappa shape index (κ3) is 7.20. The molecule has 61 heavy (non-hydrogen) atoms. The molecule has 0 saturated heterocycles. The van der Waals surface area contributed by atoms with E-state index < -0.39 is 0 Å². The van der Waals surface area contributed by atoms with Crippen molar-refractivity contribution in [2.45, 2.75) is 105 Å². The lowest BCUT2D eigenvalue weighted by atomic mass is 9.33. The van der Waals surface area contributed by atoms with Gasteiger partial charge in [0.1, 0.15) is 0 Å². The number of rotatable bonds is 4. The first-order valence-corrected chi connectivity index (χ1v) is 22.2. The smallest absolute Gasteiger partial charge is 0.252 e. The Bertz CT molecular complexity index is 2620. The van der Waals surface area contributed by atoms with Crippen LogP contribution in [0.15, 0.2) is 152 Å². The summed E-state index contributed by atoms with van der Waals surface area (Å²) in [6.45, 7) is 27.8. The second-order valence-corrected chi connectivity index (χ2v) is 21.6. The van der Waals surface area contributed by atoms with Gasteiger partial charge in [-0.3, -0.25) is 0 Å². The zero-order valence-corrected chi connectivity index (χ0v) is 38.4. The molecule has 0 radical (unpaired) electrons. The summed E-state index contributed by atoms with van der Waals surface area (Å²) in [7, 11) is 0. The van der Waals surface area contributed by atoms with Crippen molar-refractivity contribution in [2.24, 2.45) is 0 Å². The van der Waals surface area contributed by atoms with E-state index in [9.17, 15) is 0 Å². The van der Waals surface area contributed by atoms with Crippen LogP contribution in [0.5, 0.6) is 0 Å². The van der Waals surface area contributed by atoms with E-state index >= 15 is 0 Å². The van der Waals surface area contributed by atoms with Crippen molar-refractivity contribution in [1.82, 2.24) is 0 Å². The van der Waals surface area contributed by atoms with Gasteiger partial charge in [0.05, 0.1) is 0 Å². The van der Waals surface area contributed by atoms with E-state index in [0.717, 1.165) is 0 Å². The fourth-order valence-corrected chi connectivity index (χ4v) is 9.48. The topological polar surface area (TPSA) is 6.48 Å². The first kappa shape index (κ1) is 40.6. The number of nitrogens with zero attached hydrogens (tertiary/aromatic N) is 2. The van der Waals surface area contributed by atoms with Gasteiger partial charge in [-0.25, -0.2) is 0 Å². The number of benzene rings is 7. The van der Waals surface area contributed by atoms with Crippen LogP contribution in [0.1, 0.15) is 105 Å². The molecule has 3 heteroatoms. The molecule has 0 atom stereocenters. The number of fused-ring (bicyclic) bond motifs is 4. The monoisotopic (exact) mass is 796 g/mol. The predicted octanol–water partition coefficient (Wildman–Crippen LogP) is 14.3. The lowest BCUT2D eigenvalue weighted by molar-refractivity contribution is 0.590. The van der Waals surface area contributed by atoms with Crippen molar-refractivity contribution < 1.29 is 0 Å². The Kier molecular flexibility index (Phi) is 9.59. The van der Waals surface area contributed by atoms with Crippen molar-refractivity contribution in [3.8, 4) is 22.3 Å². The predicted molar refractivity (Wildman–Crippen MR) is 266 cm³/mol. The molecule has 2 nitrogen and oxygen atoms in total. The minimum atomic E-state index is -0.0199. The quantitative estimate of drug-likeness (QED) is 0.164. The number of hydrogen-bond donors (Lipinski definition) is 0. The molecule has 0 amide bonds. The normalized spacial score (nSPS) is 13.8. The summed E-state index contributed by atoms with van der Waals surface area (Å²) in [5, 5.41) is 0. The SMILES string of the molecule is CC(C)(C)c1ccc(N2c3ccc(C(C)(C)C)cc3B3c4cc(C(C)(C)C)ccc4N(c4ccc(C(C)(C)C)cc4)c4cc(-c5ccccc5-c5ccccc5)cc2c43)cc1. The Morgan fingerprint density at radius 1 is 0.328 bits per heavy atom. The van der Waals surface area contributed by atoms with Gasteiger partial charge in [-0.15, -0.1) is 0 Å². The molecular formula is C58H61BN2. The van der Waals surface area contributed by atoms with Crippen LogP contribution in [0.25, 0.3) is 22.3 Å². The van der Waals surface area contributed by atoms with Crippen LogP contribution in [-0.4, -0.2) is 6.71 Å². The summed E-state index contributed by atoms with van der Waals surface area (Å²) in [5.41, 5.74) is 21.6. The Labute approximate surface area is 366 Å². The molecule has 7 aromatic carbocycles. The first-order valence-electron chi connectivity index (χ1n) is 22.2. The highest BCUT2D eigenvalue weighted by Crippen LogP contribution is 2.48. The molecular weight excluding hydrogens is 735 g/mol. The average molecular weight is 797 g/mol. The van der Waals surface area contributed by atoms with Crippen LogP contribution >= 0.6 is 0 Å². The van der Waals surface area contributed by atoms with Gasteiger partial charge < -0.3 is 9.80 Å². The average Bonchev–Trinajstić information content (AvgIpc) is 3.22. The number of hydrogen-bond acceptors (Lipinski definition) is 2. The summed E-state index contributed by atoms with van der Waals surface area (Å²) >= 11 is 0. The fraction of sp³-hybridized carbons (Fsp3) is 0.276. The van der Waals surface area contributed by atoms with E-state index in [4.69, 9.17) is 0 Å². The highest BCUT2D eigenvalue weighted by molar-refractivity contribution is 7.00. The third-order valence-electron chi connectivity index (χ3n) is 13.1. The van der Waals surface area contributed by atoms with Gasteiger partial charge in [0.25, 0.3) is 6.71 Å². The van der Waals surface area contributed by atoms with Gasteiger partial charge in [0.2, 0.25) is 0 Å². The largest absolute Gasteiger partial charge is 0.311 e. The van der Waals surface area contributed by atoms with Crippen molar-refractivity contribution in [3.05, 3.63) is 174 Å². The molecule has 0 aliphatic carbocycles. The molecule has 2 aliphatic heterocycles. The molecule has 0 N–H and O–H groups in total. The minimum absolute atomic E-state index is 0.0199. The summed E-state index contributed by atoms with van der Waals surface area (Å²) in [6.07, 6.45) is 0. The molecule has 9 rings (SSSR count). The van der Waals surface area contributed by atoms with Crippen LogP contribution in [0, 0.1) is 0 Å². The van der Waals surface area contributed by atoms with E-state index in [1.54, 1.807) is 0 Å². The molecule has 2 aliphatic rings. The van der Waals surface area contributed by atoms with Gasteiger partial charge >= 0.3 is 0 Å². The molecule has 7 aromatic rings. The molecule has 306 valence electrons. The summed E-state index contributed by atoms with van der Waals surface area (Å²) in [6, 6.07) is 58.1. The van der Waals surface area contributed by atoms with E-state index in [-0.39, 0.29) is 28.4 Å². The molecule has 0 unspecified atom stereocenters. The zero-order valence-electron chi connectivity index (χ0n) is 38.4. The van der Waals surface area contributed by atoms with Gasteiger partial charge in [0.15, 0.2) is 0 Å². The number of anilines is 6. The zero-order chi connectivity index (χ0) is 43.2. The van der Waals surface area contributed by atoms with E-state index in [1.165, 1.54) is 95.0 Å². The van der Waals surface area contributed by atoms with Gasteiger partial charge in [-0.2, -0.15) is 0 Å². The summed E-state index contributed by atoms with van der Waals surface area (Å²) < 4.78 is 0. The summed E-state index contributed by atoms with van der Waals surface area (Å²) in [4.78, 5) is 5.13. The Morgan fingerprint density at radius 2 is 0.689 bits per heavy atom. The highest BCUT2D eigenvalue weighted by Gasteiger charge is 2.44. The van der Waals surface area contributed by atoms with Crippen LogP contribution < -0.4 is 26.2 Å². The molecule has 0 aromatic heterocycles. The van der Waals surface area contributed by atoms with Crippen LogP contribution in [0.4, 0.5) is 34.1 Å². The standard InChI is InChI=1S/C58H61BN2/c1-55(2,3)40-22-28-44(29-23-40)60-50-32-26-42(57(7,8)9)36-48(50)59-49-37-43(58(10,11)12)27-33-51(49)61(45-30-24-41(25-31-45)56(4,5)6)53-35-39(34-52(60)54(53)59)47-21-17-16-20-46(47)38-18-14-13-15-19-38/h13-37H,1-12H3. The molecule has 0 bridgehead atoms. The second-order valence-electron chi connectivity index (χ2n) is 21.6. The summed E-state index contributed by atoms with van der Waals surface area (Å²) in [5.74, 6) is 0. The molecule has 2 heterocycles. The Balaban J connectivity index is 1.42. The molecule has 0 spiro atoms. The first-order chi connectivity index (χ1) is 28.8. The Morgan fingerprint density at radius 3 is 1.08 bits per heavy atom. The van der Waals surface area contributed by atoms with Crippen molar-refractivity contribution in [3.63, 3.8) is 0 Å². The maximum atomic E-state index is 2.57. The van der Waals surface area contributed by atoms with E-state index in [0.29, 0.717) is 0 Å². The van der Waals surface area contributed by atoms with Gasteiger partial charge in [-0.1, -0.05) is 186 Å². The second kappa shape index (κ2) is 14.4. The van der Waals surface area contributed by atoms with Gasteiger partial charge in [-0.05, 0) is 131 Å². The third-order valence-corrected chi connectivity index (χ3v) is 13.1. The molecule has 0 saturated carbocycles. The fourth-order valence-electron chi connectivity index (χ4n) is 9.48. The van der Waals surface area contributed by atoms with E-state index in [1.807, 2.05) is 0 Å². The van der Waals surface area contributed by atoms with Crippen LogP contribution in [0.2, 0.25) is 0 Å². The van der Waals surface area contributed by atoms with Crippen molar-refractivity contribution in [1.29, 1.82) is 0 Å². The van der Waals surface area contributed by atoms with Gasteiger partial charge in [0, 0.05) is 34.1 Å². The van der Waals surface area contributed by atoms with Crippen molar-refractivity contribution >= 4 is 57.2 Å². The maximum absolute atomic E-state index is 2.57. The minimum Gasteiger partial charge on any atom is -0.311 e. The van der Waals surface area contributed by atoms with Crippen molar-refractivity contribution in [2.75, 3.05) is 9.80 Å². The Hall–Kier alpha value is -5.80. The van der Waals surface area contributed by atoms with Crippen LogP contribution in [-0.2, 0) is 21.7 Å². The lowest BCUT2D eigenvalue weighted by Crippen LogP contribution is -2.61.